The Bertz CT molecular complexity index is 963. The summed E-state index contributed by atoms with van der Waals surface area (Å²) in [5, 5.41) is 23.6. The van der Waals surface area contributed by atoms with E-state index in [2.05, 4.69) is 0 Å². The van der Waals surface area contributed by atoms with Gasteiger partial charge in [0.1, 0.15) is 0 Å². The Morgan fingerprint density at radius 2 is 1.84 bits per heavy atom. The van der Waals surface area contributed by atoms with Crippen LogP contribution in [0.3, 0.4) is 0 Å². The summed E-state index contributed by atoms with van der Waals surface area (Å²) in [7, 11) is 0. The van der Waals surface area contributed by atoms with E-state index >= 15 is 0 Å². The van der Waals surface area contributed by atoms with Gasteiger partial charge in [0, 0.05) is 55.9 Å². The molecule has 5 rings (SSSR count). The highest BCUT2D eigenvalue weighted by Gasteiger charge is 2.53. The number of nitrogens with zero attached hydrogens (tertiary/aromatic N) is 5. The van der Waals surface area contributed by atoms with E-state index in [1.165, 1.54) is 4.90 Å². The molecule has 37 heavy (non-hydrogen) atoms. The molecule has 0 spiro atoms. The summed E-state index contributed by atoms with van der Waals surface area (Å²) in [6, 6.07) is -0.165. The van der Waals surface area contributed by atoms with E-state index in [0.717, 1.165) is 37.8 Å². The number of quaternary nitrogens is 1. The number of ether oxygens (including phenoxy) is 1. The minimum Gasteiger partial charge on any atom is -0.621 e. The molecule has 12 heteroatoms. The van der Waals surface area contributed by atoms with Gasteiger partial charge in [-0.2, -0.15) is 4.79 Å². The van der Waals surface area contributed by atoms with Crippen molar-refractivity contribution in [3.63, 3.8) is 0 Å². The number of hydrogen-bond acceptors (Lipinski definition) is 7. The average molecular weight is 538 g/mol. The number of carboxylic acid groups (broad SMARTS) is 1. The molecule has 3 saturated heterocycles. The number of ketones is 1. The summed E-state index contributed by atoms with van der Waals surface area (Å²) in [5.74, 6) is -0.0691. The van der Waals surface area contributed by atoms with E-state index < -0.39 is 16.9 Å². The van der Waals surface area contributed by atoms with Crippen molar-refractivity contribution in [3.05, 3.63) is 29.5 Å². The van der Waals surface area contributed by atoms with E-state index in [1.807, 2.05) is 4.90 Å². The number of hydroxylamine groups is 3. The third-order valence-electron chi connectivity index (χ3n) is 8.50. The second-order valence-corrected chi connectivity index (χ2v) is 11.4. The fraction of sp³-hybridized carbons (Fsp3) is 0.720. The fourth-order valence-corrected chi connectivity index (χ4v) is 6.51. The fourth-order valence-electron chi connectivity index (χ4n) is 6.26. The molecule has 11 nitrogen and oxygen atoms in total. The van der Waals surface area contributed by atoms with Gasteiger partial charge in [-0.05, 0) is 44.4 Å². The lowest BCUT2D eigenvalue weighted by atomic mass is 9.81. The predicted octanol–water partition coefficient (Wildman–Crippen LogP) is 3.13. The standard InChI is InChI=1S/C25H36ClN5O6/c26-20-5-2-18(3-6-20)1-4-19-7-12-31(36,25(34)35)23(22(19)32)30-16-21-15-28(8-9-29(21)17-30)24(33)27-10-13-37-14-11-27/h8-9,15,18-20,23H,1-7,10-14,16-17H2,(H,34,35). The number of amides is 3. The summed E-state index contributed by atoms with van der Waals surface area (Å²) in [6.45, 7) is 2.34. The summed E-state index contributed by atoms with van der Waals surface area (Å²) in [6.07, 6.45) is 8.21. The normalized spacial score (nSPS) is 34.9. The number of likely N-dealkylation sites (tertiary alicyclic amines) is 1. The number of piperidine rings is 1. The van der Waals surface area contributed by atoms with E-state index in [1.54, 1.807) is 28.4 Å². The smallest absolute Gasteiger partial charge is 0.515 e. The first-order valence-corrected chi connectivity index (χ1v) is 13.7. The van der Waals surface area contributed by atoms with Crippen LogP contribution in [0.5, 0.6) is 0 Å². The van der Waals surface area contributed by atoms with Crippen LogP contribution in [-0.4, -0.2) is 105 Å². The van der Waals surface area contributed by atoms with Gasteiger partial charge in [-0.3, -0.25) is 9.69 Å². The zero-order chi connectivity index (χ0) is 26.2. The SMILES string of the molecule is O=C1C(CCC2CCC(Cl)CC2)CC[N+]([O-])(C(=O)O)C1N1CC2=CN(C(=O)N3CCOCC3)C=CN2C1. The van der Waals surface area contributed by atoms with Gasteiger partial charge in [-0.25, -0.2) is 14.3 Å². The van der Waals surface area contributed by atoms with Gasteiger partial charge in [-0.15, -0.1) is 11.6 Å². The third kappa shape index (κ3) is 5.37. The first-order valence-electron chi connectivity index (χ1n) is 13.3. The van der Waals surface area contributed by atoms with Crippen LogP contribution in [0, 0.1) is 17.0 Å². The van der Waals surface area contributed by atoms with Crippen LogP contribution in [0.2, 0.25) is 0 Å². The third-order valence-corrected chi connectivity index (χ3v) is 8.93. The van der Waals surface area contributed by atoms with Gasteiger partial charge in [0.25, 0.3) is 0 Å². The lowest BCUT2D eigenvalue weighted by Crippen LogP contribution is -2.68. The molecular weight excluding hydrogens is 502 g/mol. The maximum Gasteiger partial charge on any atom is 0.515 e. The number of morpholine rings is 1. The molecule has 3 atom stereocenters. The number of alkyl halides is 1. The topological polar surface area (TPSA) is 117 Å². The molecular formula is C25H36ClN5O6. The molecule has 1 aliphatic carbocycles. The Morgan fingerprint density at radius 3 is 2.54 bits per heavy atom. The van der Waals surface area contributed by atoms with Crippen molar-refractivity contribution < 1.29 is 28.9 Å². The van der Waals surface area contributed by atoms with Gasteiger partial charge >= 0.3 is 12.1 Å². The Hall–Kier alpha value is -2.18. The van der Waals surface area contributed by atoms with Gasteiger partial charge in [0.05, 0.1) is 32.1 Å². The maximum absolute atomic E-state index is 13.7. The molecule has 3 unspecified atom stereocenters. The minimum atomic E-state index is -1.58. The Labute approximate surface area is 222 Å². The van der Waals surface area contributed by atoms with Gasteiger partial charge in [0.2, 0.25) is 11.9 Å². The number of carbonyl (C=O) groups is 3. The average Bonchev–Trinajstić information content (AvgIpc) is 3.32. The van der Waals surface area contributed by atoms with Crippen LogP contribution in [-0.2, 0) is 9.53 Å². The second-order valence-electron chi connectivity index (χ2n) is 10.8. The van der Waals surface area contributed by atoms with E-state index in [4.69, 9.17) is 16.3 Å². The molecule has 0 aromatic heterocycles. The molecule has 3 amide bonds. The number of carbonyl (C=O) groups excluding carboxylic acids is 2. The van der Waals surface area contributed by atoms with Crippen molar-refractivity contribution in [1.29, 1.82) is 0 Å². The Kier molecular flexibility index (Phi) is 7.78. The molecule has 5 aliphatic rings. The van der Waals surface area contributed by atoms with Crippen molar-refractivity contribution in [2.24, 2.45) is 11.8 Å². The van der Waals surface area contributed by atoms with Crippen molar-refractivity contribution in [2.75, 3.05) is 46.1 Å². The highest BCUT2D eigenvalue weighted by atomic mass is 35.5. The molecule has 0 aromatic carbocycles. The largest absolute Gasteiger partial charge is 0.621 e. The predicted molar refractivity (Wildman–Crippen MR) is 135 cm³/mol. The zero-order valence-electron chi connectivity index (χ0n) is 21.0. The molecule has 1 N–H and O–H groups in total. The van der Waals surface area contributed by atoms with Crippen LogP contribution >= 0.6 is 11.6 Å². The molecule has 4 heterocycles. The van der Waals surface area contributed by atoms with Crippen LogP contribution in [0.1, 0.15) is 44.9 Å². The number of fused-ring (bicyclic) bond motifs is 1. The Balaban J connectivity index is 1.28. The van der Waals surface area contributed by atoms with Gasteiger partial charge < -0.3 is 24.9 Å². The summed E-state index contributed by atoms with van der Waals surface area (Å²) >= 11 is 6.23. The molecule has 0 radical (unpaired) electrons. The highest BCUT2D eigenvalue weighted by molar-refractivity contribution is 6.20. The van der Waals surface area contributed by atoms with Crippen LogP contribution in [0.15, 0.2) is 24.3 Å². The summed E-state index contributed by atoms with van der Waals surface area (Å²) in [5.41, 5.74) is 0.744. The van der Waals surface area contributed by atoms with Crippen molar-refractivity contribution in [3.8, 4) is 0 Å². The molecule has 4 aliphatic heterocycles. The van der Waals surface area contributed by atoms with Crippen LogP contribution in [0.25, 0.3) is 0 Å². The van der Waals surface area contributed by atoms with E-state index in [-0.39, 0.29) is 49.3 Å². The van der Waals surface area contributed by atoms with Crippen molar-refractivity contribution in [1.82, 2.24) is 19.6 Å². The Morgan fingerprint density at radius 1 is 1.11 bits per heavy atom. The number of hydrogen-bond donors (Lipinski definition) is 1. The first kappa shape index (κ1) is 26.4. The number of urea groups is 1. The monoisotopic (exact) mass is 537 g/mol. The number of Topliss-reactive ketones (excluding diaryl/α,β-unsaturated/α-hetero) is 1. The molecule has 0 bridgehead atoms. The summed E-state index contributed by atoms with van der Waals surface area (Å²) < 4.78 is 3.75. The lowest BCUT2D eigenvalue weighted by Gasteiger charge is -2.49. The van der Waals surface area contributed by atoms with E-state index in [9.17, 15) is 24.7 Å². The van der Waals surface area contributed by atoms with Gasteiger partial charge in [0.15, 0.2) is 0 Å². The molecule has 0 aromatic rings. The van der Waals surface area contributed by atoms with Crippen LogP contribution < -0.4 is 0 Å². The molecule has 1 saturated carbocycles. The lowest BCUT2D eigenvalue weighted by molar-refractivity contribution is -0.841. The maximum atomic E-state index is 13.7. The number of rotatable bonds is 4. The van der Waals surface area contributed by atoms with Gasteiger partial charge in [-0.1, -0.05) is 0 Å². The molecule has 204 valence electrons. The zero-order valence-corrected chi connectivity index (χ0v) is 21.8. The van der Waals surface area contributed by atoms with Crippen molar-refractivity contribution >= 4 is 29.5 Å². The molecule has 4 fully saturated rings. The summed E-state index contributed by atoms with van der Waals surface area (Å²) in [4.78, 5) is 45.4. The quantitative estimate of drug-likeness (QED) is 0.330. The number of halogens is 1. The first-order chi connectivity index (χ1) is 17.8. The highest BCUT2D eigenvalue weighted by Crippen LogP contribution is 2.37. The second kappa shape index (κ2) is 10.9. The van der Waals surface area contributed by atoms with E-state index in [0.29, 0.717) is 38.6 Å². The van der Waals surface area contributed by atoms with Crippen molar-refractivity contribution in [2.45, 2.75) is 56.5 Å². The minimum absolute atomic E-state index is 0.127. The van der Waals surface area contributed by atoms with Crippen LogP contribution in [0.4, 0.5) is 9.59 Å².